The van der Waals surface area contributed by atoms with Crippen molar-refractivity contribution in [3.63, 3.8) is 0 Å². The summed E-state index contributed by atoms with van der Waals surface area (Å²) in [7, 11) is 1.62. The van der Waals surface area contributed by atoms with Crippen LogP contribution in [0, 0.1) is 0 Å². The van der Waals surface area contributed by atoms with Crippen molar-refractivity contribution >= 4 is 11.6 Å². The summed E-state index contributed by atoms with van der Waals surface area (Å²) in [5.41, 5.74) is 5.58. The molecule has 3 heterocycles. The number of hydrogen-bond acceptors (Lipinski definition) is 6. The maximum absolute atomic E-state index is 13.6. The number of aryl methyl sites for hydroxylation is 1. The van der Waals surface area contributed by atoms with Gasteiger partial charge in [-0.2, -0.15) is 5.10 Å². The number of methoxy groups -OCH3 is 1. The van der Waals surface area contributed by atoms with Crippen molar-refractivity contribution in [1.82, 2.24) is 24.6 Å². The molecule has 2 aromatic heterocycles. The van der Waals surface area contributed by atoms with E-state index in [-0.39, 0.29) is 5.91 Å². The third-order valence-electron chi connectivity index (χ3n) is 7.34. The predicted octanol–water partition coefficient (Wildman–Crippen LogP) is 5.08. The predicted molar refractivity (Wildman–Crippen MR) is 158 cm³/mol. The quantitative estimate of drug-likeness (QED) is 0.337. The van der Waals surface area contributed by atoms with E-state index < -0.39 is 0 Å². The van der Waals surface area contributed by atoms with Gasteiger partial charge in [-0.1, -0.05) is 36.4 Å². The molecule has 4 aromatic rings. The number of benzene rings is 2. The Bertz CT molecular complexity index is 1340. The van der Waals surface area contributed by atoms with Crippen LogP contribution in [0.25, 0.3) is 11.1 Å². The summed E-state index contributed by atoms with van der Waals surface area (Å²) < 4.78 is 7.12. The molecule has 1 N–H and O–H groups in total. The molecule has 0 bridgehead atoms. The van der Waals surface area contributed by atoms with E-state index >= 15 is 0 Å². The number of nitrogens with zero attached hydrogens (tertiary/aromatic N) is 5. The topological polar surface area (TPSA) is 75.5 Å². The molecule has 0 radical (unpaired) electrons. The van der Waals surface area contributed by atoms with Gasteiger partial charge in [-0.25, -0.2) is 4.98 Å². The van der Waals surface area contributed by atoms with E-state index in [0.29, 0.717) is 25.4 Å². The second-order valence-corrected chi connectivity index (χ2v) is 10.2. The number of nitrogens with one attached hydrogen (secondary N) is 1. The van der Waals surface area contributed by atoms with Gasteiger partial charge in [0.2, 0.25) is 11.8 Å². The number of carbonyl (C=O) groups is 1. The van der Waals surface area contributed by atoms with E-state index in [0.717, 1.165) is 67.9 Å². The molecule has 1 amide bonds. The van der Waals surface area contributed by atoms with Gasteiger partial charge in [0.15, 0.2) is 0 Å². The van der Waals surface area contributed by atoms with Crippen LogP contribution in [0.2, 0.25) is 0 Å². The van der Waals surface area contributed by atoms with Gasteiger partial charge in [-0.3, -0.25) is 14.4 Å². The molecule has 8 nitrogen and oxygen atoms in total. The Labute approximate surface area is 236 Å². The van der Waals surface area contributed by atoms with Crippen molar-refractivity contribution in [3.05, 3.63) is 96.4 Å². The highest BCUT2D eigenvalue weighted by Gasteiger charge is 2.19. The summed E-state index contributed by atoms with van der Waals surface area (Å²) >= 11 is 0. The molecule has 0 aliphatic carbocycles. The zero-order valence-corrected chi connectivity index (χ0v) is 23.2. The Morgan fingerprint density at radius 3 is 2.65 bits per heavy atom. The van der Waals surface area contributed by atoms with Crippen LogP contribution in [0.5, 0.6) is 5.88 Å². The van der Waals surface area contributed by atoms with Crippen LogP contribution in [0.4, 0.5) is 5.69 Å². The zero-order valence-electron chi connectivity index (χ0n) is 23.2. The molecule has 5 rings (SSSR count). The molecule has 1 aliphatic rings. The van der Waals surface area contributed by atoms with Crippen LogP contribution in [0.3, 0.4) is 0 Å². The molecule has 40 heavy (non-hydrogen) atoms. The van der Waals surface area contributed by atoms with Crippen molar-refractivity contribution in [2.45, 2.75) is 38.9 Å². The van der Waals surface area contributed by atoms with E-state index in [2.05, 4.69) is 68.8 Å². The molecule has 0 saturated heterocycles. The van der Waals surface area contributed by atoms with Gasteiger partial charge < -0.3 is 15.0 Å². The third-order valence-corrected chi connectivity index (χ3v) is 7.34. The number of hydrogen-bond donors (Lipinski definition) is 1. The summed E-state index contributed by atoms with van der Waals surface area (Å²) in [5.74, 6) is 0.765. The van der Waals surface area contributed by atoms with E-state index in [1.807, 2.05) is 40.2 Å². The average Bonchev–Trinajstić information content (AvgIpc) is 3.50. The molecular weight excluding hydrogens is 500 g/mol. The monoisotopic (exact) mass is 538 g/mol. The number of rotatable bonds is 8. The lowest BCUT2D eigenvalue weighted by Crippen LogP contribution is -2.38. The number of ether oxygens (including phenoxy) is 1. The molecular formula is C32H38N6O2. The highest BCUT2D eigenvalue weighted by Crippen LogP contribution is 2.28. The number of amides is 1. The lowest BCUT2D eigenvalue weighted by molar-refractivity contribution is -0.132. The second kappa shape index (κ2) is 13.8. The van der Waals surface area contributed by atoms with Crippen LogP contribution in [0.15, 0.2) is 85.3 Å². The molecule has 208 valence electrons. The molecule has 0 fully saturated rings. The largest absolute Gasteiger partial charge is 0.481 e. The van der Waals surface area contributed by atoms with Crippen molar-refractivity contribution in [2.24, 2.45) is 0 Å². The molecule has 0 spiro atoms. The van der Waals surface area contributed by atoms with Crippen molar-refractivity contribution in [1.29, 1.82) is 0 Å². The normalized spacial score (nSPS) is 14.6. The minimum absolute atomic E-state index is 0.175. The highest BCUT2D eigenvalue weighted by atomic mass is 16.5. The van der Waals surface area contributed by atoms with Crippen LogP contribution in [-0.2, 0) is 24.4 Å². The third kappa shape index (κ3) is 7.48. The van der Waals surface area contributed by atoms with Gasteiger partial charge >= 0.3 is 0 Å². The molecule has 0 unspecified atom stereocenters. The van der Waals surface area contributed by atoms with Gasteiger partial charge in [-0.05, 0) is 53.8 Å². The Kier molecular flexibility index (Phi) is 9.42. The number of pyridine rings is 1. The fourth-order valence-corrected chi connectivity index (χ4v) is 5.13. The number of aromatic nitrogens is 3. The molecule has 0 saturated carbocycles. The highest BCUT2D eigenvalue weighted by molar-refractivity contribution is 5.77. The summed E-state index contributed by atoms with van der Waals surface area (Å²) in [6.45, 7) is 5.52. The molecule has 1 aliphatic heterocycles. The first-order valence-electron chi connectivity index (χ1n) is 14.1. The Morgan fingerprint density at radius 2 is 1.88 bits per heavy atom. The fourth-order valence-electron chi connectivity index (χ4n) is 5.13. The smallest absolute Gasteiger partial charge is 0.222 e. The summed E-state index contributed by atoms with van der Waals surface area (Å²) in [6.07, 6.45) is 7.82. The number of fused-ring (bicyclic) bond motifs is 1. The van der Waals surface area contributed by atoms with Crippen molar-refractivity contribution < 1.29 is 9.53 Å². The van der Waals surface area contributed by atoms with Gasteiger partial charge in [0.1, 0.15) is 0 Å². The summed E-state index contributed by atoms with van der Waals surface area (Å²) in [4.78, 5) is 22.5. The first-order chi connectivity index (χ1) is 19.7. The second-order valence-electron chi connectivity index (χ2n) is 10.2. The molecule has 2 aromatic carbocycles. The Hall–Kier alpha value is -4.17. The first-order valence-corrected chi connectivity index (χ1v) is 14.1. The van der Waals surface area contributed by atoms with Crippen molar-refractivity contribution in [2.75, 3.05) is 38.6 Å². The lowest BCUT2D eigenvalue weighted by Gasteiger charge is -2.28. The van der Waals surface area contributed by atoms with Gasteiger partial charge in [0.25, 0.3) is 0 Å². The minimum atomic E-state index is 0.175. The summed E-state index contributed by atoms with van der Waals surface area (Å²) in [5, 5.41) is 7.93. The van der Waals surface area contributed by atoms with Crippen molar-refractivity contribution in [3.8, 4) is 17.0 Å². The van der Waals surface area contributed by atoms with Crippen LogP contribution >= 0.6 is 0 Å². The van der Waals surface area contributed by atoms with E-state index in [1.54, 1.807) is 13.3 Å². The van der Waals surface area contributed by atoms with Crippen LogP contribution < -0.4 is 10.1 Å². The average molecular weight is 539 g/mol. The Morgan fingerprint density at radius 1 is 1.00 bits per heavy atom. The maximum atomic E-state index is 13.6. The molecule has 0 atom stereocenters. The Balaban J connectivity index is 1.36. The van der Waals surface area contributed by atoms with Gasteiger partial charge in [-0.15, -0.1) is 0 Å². The SMILES string of the molecule is COc1ccc(-c2ccc3c(c2)CN(C(=O)CCCn2cccn2)CCN(Cc2ccccc2)CCCN3)cn1. The van der Waals surface area contributed by atoms with Crippen LogP contribution in [0.1, 0.15) is 30.4 Å². The van der Waals surface area contributed by atoms with E-state index in [1.165, 1.54) is 5.56 Å². The maximum Gasteiger partial charge on any atom is 0.222 e. The number of carbonyl (C=O) groups excluding carboxylic acids is 1. The standard InChI is InChI=1S/C32H38N6O2/c1-40-31-14-12-28(23-34-31)27-11-13-30-29(22-27)25-37(32(39)10-5-18-38-19-7-16-35-38)21-20-36(17-6-15-33-30)24-26-8-3-2-4-9-26/h2-4,7-9,11-14,16,19,22-23,33H,5-6,10,15,17-18,20-21,24-25H2,1H3. The van der Waals surface area contributed by atoms with E-state index in [4.69, 9.17) is 4.74 Å². The summed E-state index contributed by atoms with van der Waals surface area (Å²) in [6, 6.07) is 22.8. The van der Waals surface area contributed by atoms with Gasteiger partial charge in [0, 0.05) is 88.1 Å². The fraction of sp³-hybridized carbons (Fsp3) is 0.344. The van der Waals surface area contributed by atoms with E-state index in [9.17, 15) is 4.79 Å². The minimum Gasteiger partial charge on any atom is -0.481 e. The van der Waals surface area contributed by atoms with Gasteiger partial charge in [0.05, 0.1) is 7.11 Å². The molecule has 8 heteroatoms. The van der Waals surface area contributed by atoms with Crippen LogP contribution in [-0.4, -0.2) is 63.8 Å². The lowest BCUT2D eigenvalue weighted by atomic mass is 10.0. The number of anilines is 1. The zero-order chi connectivity index (χ0) is 27.6. The first kappa shape index (κ1) is 27.4.